The first kappa shape index (κ1) is 11.6. The normalized spacial score (nSPS) is 10.7. The molecular formula is C14H8BrNOS. The number of rotatable bonds is 2. The topological polar surface area (TPSA) is 30.0 Å². The second-order valence-electron chi connectivity index (χ2n) is 3.86. The lowest BCUT2D eigenvalue weighted by molar-refractivity contribution is 0.104. The molecule has 0 aliphatic carbocycles. The lowest BCUT2D eigenvalue weighted by Crippen LogP contribution is -1.98. The molecule has 0 atom stereocenters. The van der Waals surface area contributed by atoms with Crippen molar-refractivity contribution in [3.63, 3.8) is 0 Å². The van der Waals surface area contributed by atoms with Crippen molar-refractivity contribution in [2.45, 2.75) is 0 Å². The fourth-order valence-corrected chi connectivity index (χ4v) is 3.15. The molecule has 2 nitrogen and oxygen atoms in total. The number of aromatic nitrogens is 1. The number of halogens is 1. The van der Waals surface area contributed by atoms with Crippen molar-refractivity contribution < 1.29 is 4.79 Å². The van der Waals surface area contributed by atoms with E-state index in [1.165, 1.54) is 11.3 Å². The summed E-state index contributed by atoms with van der Waals surface area (Å²) in [6.45, 7) is 0. The number of hydrogen-bond acceptors (Lipinski definition) is 3. The van der Waals surface area contributed by atoms with Gasteiger partial charge in [-0.1, -0.05) is 15.9 Å². The van der Waals surface area contributed by atoms with Gasteiger partial charge in [-0.2, -0.15) is 0 Å². The first-order valence-corrected chi connectivity index (χ1v) is 6.99. The van der Waals surface area contributed by atoms with E-state index in [1.54, 1.807) is 24.5 Å². The van der Waals surface area contributed by atoms with Gasteiger partial charge in [0.05, 0.1) is 4.88 Å². The number of hydrogen-bond donors (Lipinski definition) is 0. The van der Waals surface area contributed by atoms with E-state index in [2.05, 4.69) is 20.9 Å². The molecule has 0 spiro atoms. The zero-order valence-electron chi connectivity index (χ0n) is 9.26. The average Bonchev–Trinajstić information content (AvgIpc) is 2.81. The maximum Gasteiger partial charge on any atom is 0.204 e. The minimum atomic E-state index is 0.0282. The van der Waals surface area contributed by atoms with Crippen LogP contribution in [0.3, 0.4) is 0 Å². The van der Waals surface area contributed by atoms with Crippen LogP contribution in [0.2, 0.25) is 0 Å². The minimum absolute atomic E-state index is 0.0282. The predicted octanol–water partition coefficient (Wildman–Crippen LogP) is 4.29. The van der Waals surface area contributed by atoms with Crippen LogP contribution in [0.1, 0.15) is 15.2 Å². The molecule has 2 heterocycles. The fraction of sp³-hybridized carbons (Fsp3) is 0. The molecule has 0 fully saturated rings. The molecule has 0 bridgehead atoms. The van der Waals surface area contributed by atoms with E-state index in [0.29, 0.717) is 5.56 Å². The number of pyridine rings is 1. The Balaban J connectivity index is 2.07. The molecular weight excluding hydrogens is 310 g/mol. The molecule has 18 heavy (non-hydrogen) atoms. The molecule has 0 radical (unpaired) electrons. The Morgan fingerprint density at radius 3 is 2.89 bits per heavy atom. The maximum atomic E-state index is 12.3. The van der Waals surface area contributed by atoms with Gasteiger partial charge in [-0.25, -0.2) is 0 Å². The van der Waals surface area contributed by atoms with E-state index >= 15 is 0 Å². The van der Waals surface area contributed by atoms with Crippen LogP contribution < -0.4 is 0 Å². The molecule has 0 amide bonds. The molecule has 0 saturated carbocycles. The van der Waals surface area contributed by atoms with Crippen LogP contribution in [0.5, 0.6) is 0 Å². The van der Waals surface area contributed by atoms with Crippen LogP contribution in [0.4, 0.5) is 0 Å². The van der Waals surface area contributed by atoms with E-state index in [-0.39, 0.29) is 5.78 Å². The van der Waals surface area contributed by atoms with Crippen molar-refractivity contribution in [2.24, 2.45) is 0 Å². The molecule has 1 aromatic carbocycles. The molecule has 2 aromatic heterocycles. The van der Waals surface area contributed by atoms with Crippen LogP contribution >= 0.6 is 27.3 Å². The third-order valence-electron chi connectivity index (χ3n) is 2.63. The van der Waals surface area contributed by atoms with E-state index in [4.69, 9.17) is 0 Å². The molecule has 3 aromatic rings. The molecule has 3 rings (SSSR count). The third kappa shape index (κ3) is 2.09. The van der Waals surface area contributed by atoms with Gasteiger partial charge in [0.1, 0.15) is 0 Å². The number of thiophene rings is 1. The monoisotopic (exact) mass is 317 g/mol. The lowest BCUT2D eigenvalue weighted by Gasteiger charge is -1.95. The largest absolute Gasteiger partial charge is 0.288 e. The highest BCUT2D eigenvalue weighted by Crippen LogP contribution is 2.29. The zero-order chi connectivity index (χ0) is 12.5. The minimum Gasteiger partial charge on any atom is -0.288 e. The van der Waals surface area contributed by atoms with E-state index < -0.39 is 0 Å². The summed E-state index contributed by atoms with van der Waals surface area (Å²) in [5.41, 5.74) is 0.628. The van der Waals surface area contributed by atoms with Crippen LogP contribution in [0.25, 0.3) is 10.1 Å². The summed E-state index contributed by atoms with van der Waals surface area (Å²) < 4.78 is 2.14. The molecule has 0 aliphatic heterocycles. The van der Waals surface area contributed by atoms with E-state index in [1.807, 2.05) is 24.3 Å². The molecule has 0 N–H and O–H groups in total. The van der Waals surface area contributed by atoms with Crippen molar-refractivity contribution >= 4 is 43.1 Å². The Kier molecular flexibility index (Phi) is 2.97. The molecule has 0 aliphatic rings. The lowest BCUT2D eigenvalue weighted by atomic mass is 10.1. The Labute approximate surface area is 116 Å². The maximum absolute atomic E-state index is 12.3. The van der Waals surface area contributed by atoms with Crippen LogP contribution in [-0.4, -0.2) is 10.8 Å². The molecule has 88 valence electrons. The zero-order valence-corrected chi connectivity index (χ0v) is 11.7. The Morgan fingerprint density at radius 2 is 2.11 bits per heavy atom. The Hall–Kier alpha value is -1.52. The standard InChI is InChI=1S/C14H8BrNOS/c15-11-3-4-12-10(6-11)7-13(18-12)14(17)9-2-1-5-16-8-9/h1-8H. The first-order valence-electron chi connectivity index (χ1n) is 5.38. The van der Waals surface area contributed by atoms with E-state index in [0.717, 1.165) is 19.4 Å². The number of fused-ring (bicyclic) bond motifs is 1. The predicted molar refractivity (Wildman–Crippen MR) is 77.2 cm³/mol. The van der Waals surface area contributed by atoms with Gasteiger partial charge in [0.25, 0.3) is 0 Å². The van der Waals surface area contributed by atoms with Crippen molar-refractivity contribution in [3.8, 4) is 0 Å². The van der Waals surface area contributed by atoms with Gasteiger partial charge >= 0.3 is 0 Å². The van der Waals surface area contributed by atoms with Gasteiger partial charge in [0.15, 0.2) is 0 Å². The summed E-state index contributed by atoms with van der Waals surface area (Å²) in [4.78, 5) is 17.0. The highest BCUT2D eigenvalue weighted by atomic mass is 79.9. The summed E-state index contributed by atoms with van der Waals surface area (Å²) in [6, 6.07) is 11.5. The third-order valence-corrected chi connectivity index (χ3v) is 4.23. The van der Waals surface area contributed by atoms with Crippen LogP contribution in [0, 0.1) is 0 Å². The smallest absolute Gasteiger partial charge is 0.204 e. The van der Waals surface area contributed by atoms with Gasteiger partial charge in [-0.3, -0.25) is 9.78 Å². The number of benzene rings is 1. The summed E-state index contributed by atoms with van der Waals surface area (Å²) >= 11 is 4.94. The van der Waals surface area contributed by atoms with Crippen molar-refractivity contribution in [1.82, 2.24) is 4.98 Å². The Bertz CT molecular complexity index is 721. The summed E-state index contributed by atoms with van der Waals surface area (Å²) in [7, 11) is 0. The van der Waals surface area contributed by atoms with Gasteiger partial charge in [-0.15, -0.1) is 11.3 Å². The fourth-order valence-electron chi connectivity index (χ4n) is 1.77. The summed E-state index contributed by atoms with van der Waals surface area (Å²) in [6.07, 6.45) is 3.27. The van der Waals surface area contributed by atoms with Crippen LogP contribution in [0.15, 0.2) is 53.3 Å². The highest BCUT2D eigenvalue weighted by Gasteiger charge is 2.12. The van der Waals surface area contributed by atoms with Gasteiger partial charge in [-0.05, 0) is 41.8 Å². The quantitative estimate of drug-likeness (QED) is 0.660. The van der Waals surface area contributed by atoms with Crippen molar-refractivity contribution in [1.29, 1.82) is 0 Å². The van der Waals surface area contributed by atoms with E-state index in [9.17, 15) is 4.79 Å². The second kappa shape index (κ2) is 4.63. The first-order chi connectivity index (χ1) is 8.74. The van der Waals surface area contributed by atoms with Gasteiger partial charge in [0, 0.05) is 27.1 Å². The molecule has 0 unspecified atom stereocenters. The summed E-state index contributed by atoms with van der Waals surface area (Å²) in [5.74, 6) is 0.0282. The molecule has 0 saturated heterocycles. The number of ketones is 1. The van der Waals surface area contributed by atoms with Crippen molar-refractivity contribution in [3.05, 3.63) is 63.7 Å². The second-order valence-corrected chi connectivity index (χ2v) is 5.86. The summed E-state index contributed by atoms with van der Waals surface area (Å²) in [5, 5.41) is 1.08. The van der Waals surface area contributed by atoms with Crippen molar-refractivity contribution in [2.75, 3.05) is 0 Å². The SMILES string of the molecule is O=C(c1cccnc1)c1cc2cc(Br)ccc2s1. The number of nitrogens with zero attached hydrogens (tertiary/aromatic N) is 1. The number of carbonyl (C=O) groups is 1. The average molecular weight is 318 g/mol. The van der Waals surface area contributed by atoms with Crippen LogP contribution in [-0.2, 0) is 0 Å². The van der Waals surface area contributed by atoms with Gasteiger partial charge < -0.3 is 0 Å². The number of carbonyl (C=O) groups excluding carboxylic acids is 1. The molecule has 4 heteroatoms. The Morgan fingerprint density at radius 1 is 1.22 bits per heavy atom. The van der Waals surface area contributed by atoms with Gasteiger partial charge in [0.2, 0.25) is 5.78 Å². The highest BCUT2D eigenvalue weighted by molar-refractivity contribution is 9.10.